The first-order chi connectivity index (χ1) is 23.7. The SMILES string of the molecule is Cc1cc2nc3c(=O)[nH]c(=O)[nH]c3nc2cc1COC(=O)NCCCCCC(=O)NCc1ccc(COc2nc(N)nc3nc[nH]c23)cc1. The summed E-state index contributed by atoms with van der Waals surface area (Å²) in [4.78, 5) is 76.6. The lowest BCUT2D eigenvalue weighted by molar-refractivity contribution is -0.121. The molecule has 4 heterocycles. The van der Waals surface area contributed by atoms with Crippen molar-refractivity contribution in [3.63, 3.8) is 0 Å². The van der Waals surface area contributed by atoms with Gasteiger partial charge >= 0.3 is 11.8 Å². The van der Waals surface area contributed by atoms with Gasteiger partial charge in [-0.1, -0.05) is 30.7 Å². The number of nitrogens with zero attached hydrogens (tertiary/aromatic N) is 5. The molecule has 2 amide bonds. The van der Waals surface area contributed by atoms with E-state index in [0.29, 0.717) is 66.0 Å². The number of rotatable bonds is 13. The number of hydrogen-bond donors (Lipinski definition) is 6. The average Bonchev–Trinajstić information content (AvgIpc) is 3.55. The number of amides is 2. The van der Waals surface area contributed by atoms with Gasteiger partial charge in [0.05, 0.1) is 17.4 Å². The Morgan fingerprint density at radius 1 is 0.898 bits per heavy atom. The largest absolute Gasteiger partial charge is 0.471 e. The van der Waals surface area contributed by atoms with E-state index in [0.717, 1.165) is 23.1 Å². The number of benzene rings is 2. The Morgan fingerprint density at radius 2 is 1.69 bits per heavy atom. The zero-order valence-electron chi connectivity index (χ0n) is 26.5. The summed E-state index contributed by atoms with van der Waals surface area (Å²) < 4.78 is 11.2. The summed E-state index contributed by atoms with van der Waals surface area (Å²) in [6, 6.07) is 11.1. The van der Waals surface area contributed by atoms with Crippen molar-refractivity contribution in [3.8, 4) is 5.88 Å². The minimum atomic E-state index is -0.673. The third-order valence-electron chi connectivity index (χ3n) is 7.66. The highest BCUT2D eigenvalue weighted by Gasteiger charge is 2.12. The molecule has 0 bridgehead atoms. The van der Waals surface area contributed by atoms with Crippen molar-refractivity contribution in [1.29, 1.82) is 0 Å². The lowest BCUT2D eigenvalue weighted by atomic mass is 10.1. The van der Waals surface area contributed by atoms with Gasteiger partial charge in [0.15, 0.2) is 16.8 Å². The first-order valence-electron chi connectivity index (χ1n) is 15.5. The van der Waals surface area contributed by atoms with E-state index < -0.39 is 17.3 Å². The number of nitrogens with two attached hydrogens (primary N) is 1. The van der Waals surface area contributed by atoms with Gasteiger partial charge in [-0.25, -0.2) is 24.5 Å². The van der Waals surface area contributed by atoms with Gasteiger partial charge in [-0.2, -0.15) is 9.97 Å². The van der Waals surface area contributed by atoms with Crippen LogP contribution < -0.4 is 32.4 Å². The Hall–Kier alpha value is -6.39. The summed E-state index contributed by atoms with van der Waals surface area (Å²) in [5, 5.41) is 5.65. The third-order valence-corrected chi connectivity index (χ3v) is 7.66. The Bertz CT molecular complexity index is 2260. The molecule has 0 unspecified atom stereocenters. The highest BCUT2D eigenvalue weighted by Crippen LogP contribution is 2.21. The number of unbranched alkanes of at least 4 members (excludes halogenated alkanes) is 2. The molecular weight excluding hydrogens is 634 g/mol. The minimum Gasteiger partial charge on any atom is -0.471 e. The van der Waals surface area contributed by atoms with Crippen molar-refractivity contribution in [3.05, 3.63) is 85.8 Å². The van der Waals surface area contributed by atoms with Gasteiger partial charge < -0.3 is 30.8 Å². The fourth-order valence-corrected chi connectivity index (χ4v) is 5.05. The lowest BCUT2D eigenvalue weighted by Gasteiger charge is -2.10. The number of aromatic nitrogens is 8. The van der Waals surface area contributed by atoms with Crippen LogP contribution in [-0.2, 0) is 29.3 Å². The van der Waals surface area contributed by atoms with Gasteiger partial charge in [-0.3, -0.25) is 19.6 Å². The summed E-state index contributed by atoms with van der Waals surface area (Å²) in [7, 11) is 0. The van der Waals surface area contributed by atoms with Crippen LogP contribution in [0.4, 0.5) is 10.7 Å². The molecule has 49 heavy (non-hydrogen) atoms. The number of aromatic amines is 3. The third kappa shape index (κ3) is 8.13. The number of imidazole rings is 1. The molecule has 0 saturated carbocycles. The van der Waals surface area contributed by atoms with Crippen molar-refractivity contribution in [2.45, 2.75) is 52.4 Å². The Balaban J connectivity index is 0.858. The molecule has 0 aliphatic rings. The zero-order valence-corrected chi connectivity index (χ0v) is 26.5. The Kier molecular flexibility index (Phi) is 9.68. The summed E-state index contributed by atoms with van der Waals surface area (Å²) in [6.45, 7) is 2.93. The van der Waals surface area contributed by atoms with Crippen LogP contribution >= 0.6 is 0 Å². The van der Waals surface area contributed by atoms with Crippen LogP contribution in [0, 0.1) is 6.92 Å². The molecule has 252 valence electrons. The molecule has 6 aromatic rings. The number of carbonyl (C=O) groups is 2. The van der Waals surface area contributed by atoms with Crippen LogP contribution in [0.5, 0.6) is 5.88 Å². The number of alkyl carbamates (subject to hydrolysis) is 1. The maximum Gasteiger partial charge on any atom is 0.407 e. The molecule has 0 spiro atoms. The highest BCUT2D eigenvalue weighted by molar-refractivity contribution is 5.84. The number of aryl methyl sites for hydroxylation is 1. The molecule has 2 aromatic carbocycles. The summed E-state index contributed by atoms with van der Waals surface area (Å²) >= 11 is 0. The van der Waals surface area contributed by atoms with Gasteiger partial charge in [0.25, 0.3) is 5.56 Å². The second-order valence-corrected chi connectivity index (χ2v) is 11.3. The van der Waals surface area contributed by atoms with Crippen molar-refractivity contribution in [1.82, 2.24) is 50.5 Å². The van der Waals surface area contributed by atoms with Crippen LogP contribution in [0.15, 0.2) is 52.3 Å². The topological polar surface area (TPSA) is 249 Å². The van der Waals surface area contributed by atoms with Gasteiger partial charge in [0, 0.05) is 19.5 Å². The summed E-state index contributed by atoms with van der Waals surface area (Å²) in [6.07, 6.45) is 3.44. The average molecular weight is 668 g/mol. The van der Waals surface area contributed by atoms with E-state index in [1.165, 1.54) is 6.33 Å². The predicted octanol–water partition coefficient (Wildman–Crippen LogP) is 2.40. The first kappa shape index (κ1) is 32.5. The van der Waals surface area contributed by atoms with Gasteiger partial charge in [0.1, 0.15) is 18.7 Å². The molecule has 6 rings (SSSR count). The predicted molar refractivity (Wildman–Crippen MR) is 178 cm³/mol. The fourth-order valence-electron chi connectivity index (χ4n) is 5.05. The van der Waals surface area contributed by atoms with Crippen LogP contribution in [0.2, 0.25) is 0 Å². The molecule has 0 atom stereocenters. The molecule has 0 saturated heterocycles. The van der Waals surface area contributed by atoms with Crippen LogP contribution in [0.25, 0.3) is 33.4 Å². The number of H-pyrrole nitrogens is 3. The normalized spacial score (nSPS) is 11.2. The van der Waals surface area contributed by atoms with E-state index in [-0.39, 0.29) is 36.2 Å². The zero-order chi connectivity index (χ0) is 34.3. The van der Waals surface area contributed by atoms with Gasteiger partial charge in [0.2, 0.25) is 17.7 Å². The lowest BCUT2D eigenvalue weighted by Crippen LogP contribution is -2.25. The smallest absolute Gasteiger partial charge is 0.407 e. The van der Waals surface area contributed by atoms with Crippen molar-refractivity contribution < 1.29 is 19.1 Å². The molecule has 17 heteroatoms. The highest BCUT2D eigenvalue weighted by atomic mass is 16.5. The first-order valence-corrected chi connectivity index (χ1v) is 15.5. The monoisotopic (exact) mass is 667 g/mol. The standard InChI is InChI=1S/C32H33N11O6/c1-17-11-21-22(39-27-24(38-21)28(45)42-31(46)41-27)12-20(17)15-49-32(47)34-10-4-2-3-5-23(44)35-13-18-6-8-19(9-7-18)14-48-29-25-26(37-16-36-25)40-30(33)43-29/h6-9,11-12,16H,2-5,10,13-15H2,1H3,(H,34,47)(H,35,44)(H3,33,36,37,40,43)(H2,39,41,42,45,46). The molecule has 0 aliphatic carbocycles. The fraction of sp³-hybridized carbons (Fsp3) is 0.281. The van der Waals surface area contributed by atoms with E-state index in [2.05, 4.69) is 50.5 Å². The second-order valence-electron chi connectivity index (χ2n) is 11.3. The van der Waals surface area contributed by atoms with E-state index in [9.17, 15) is 19.2 Å². The van der Waals surface area contributed by atoms with Crippen LogP contribution in [0.1, 0.15) is 47.9 Å². The second kappa shape index (κ2) is 14.6. The molecule has 0 aliphatic heterocycles. The van der Waals surface area contributed by atoms with Crippen LogP contribution in [-0.4, -0.2) is 58.4 Å². The molecular formula is C32H33N11O6. The maximum atomic E-state index is 12.3. The van der Waals surface area contributed by atoms with Crippen LogP contribution in [0.3, 0.4) is 0 Å². The van der Waals surface area contributed by atoms with Crippen molar-refractivity contribution >= 4 is 51.3 Å². The minimum absolute atomic E-state index is 0.00365. The number of nitrogen functional groups attached to an aromatic ring is 1. The van der Waals surface area contributed by atoms with Crippen molar-refractivity contribution in [2.24, 2.45) is 0 Å². The van der Waals surface area contributed by atoms with E-state index >= 15 is 0 Å². The molecule has 7 N–H and O–H groups in total. The van der Waals surface area contributed by atoms with E-state index in [1.54, 1.807) is 12.1 Å². The Morgan fingerprint density at radius 3 is 2.53 bits per heavy atom. The summed E-state index contributed by atoms with van der Waals surface area (Å²) in [5.41, 5.74) is 9.86. The molecule has 0 radical (unpaired) electrons. The number of carbonyl (C=O) groups excluding carboxylic acids is 2. The quantitative estimate of drug-likeness (QED) is 0.0767. The Labute approximate surface area is 277 Å². The molecule has 4 aromatic heterocycles. The number of ether oxygens (including phenoxy) is 2. The maximum absolute atomic E-state index is 12.3. The number of hydrogen-bond acceptors (Lipinski definition) is 12. The van der Waals surface area contributed by atoms with Gasteiger partial charge in [-0.05, 0) is 54.2 Å². The number of nitrogens with one attached hydrogen (secondary N) is 5. The molecule has 0 fully saturated rings. The number of fused-ring (bicyclic) bond motifs is 3. The van der Waals surface area contributed by atoms with Crippen molar-refractivity contribution in [2.75, 3.05) is 12.3 Å². The number of anilines is 1. The van der Waals surface area contributed by atoms with Gasteiger partial charge in [-0.15, -0.1) is 0 Å². The molecule has 17 nitrogen and oxygen atoms in total. The van der Waals surface area contributed by atoms with E-state index in [1.807, 2.05) is 31.2 Å². The summed E-state index contributed by atoms with van der Waals surface area (Å²) in [5.74, 6) is 0.358. The van der Waals surface area contributed by atoms with E-state index in [4.69, 9.17) is 15.2 Å².